The molecule has 0 spiro atoms. The highest BCUT2D eigenvalue weighted by molar-refractivity contribution is 9.10. The van der Waals surface area contributed by atoms with Crippen LogP contribution in [0.3, 0.4) is 0 Å². The van der Waals surface area contributed by atoms with Crippen LogP contribution in [-0.4, -0.2) is 15.9 Å². The zero-order chi connectivity index (χ0) is 10.6. The van der Waals surface area contributed by atoms with E-state index in [0.29, 0.717) is 0 Å². The number of amides is 1. The monoisotopic (exact) mass is 253 g/mol. The van der Waals surface area contributed by atoms with Gasteiger partial charge in [0, 0.05) is 18.6 Å². The Morgan fingerprint density at radius 2 is 2.00 bits per heavy atom. The molecule has 0 atom stereocenters. The Morgan fingerprint density at radius 1 is 1.43 bits per heavy atom. The average molecular weight is 254 g/mol. The van der Waals surface area contributed by atoms with Gasteiger partial charge in [-0.05, 0) is 22.0 Å². The smallest absolute Gasteiger partial charge is 0.256 e. The third kappa shape index (κ3) is 2.26. The molecule has 0 aliphatic heterocycles. The van der Waals surface area contributed by atoms with Crippen LogP contribution in [0.4, 0.5) is 5.95 Å². The molecule has 5 heteroatoms. The lowest BCUT2D eigenvalue weighted by molar-refractivity contribution is -0.113. The standard InChI is InChI=1S/C9H8BrN3O/c1-3-8(14)13(4-2)9-11-5-7(10)6-12-9/h3-6H,1-2H2. The van der Waals surface area contributed by atoms with E-state index < -0.39 is 0 Å². The van der Waals surface area contributed by atoms with Gasteiger partial charge in [0.2, 0.25) is 5.95 Å². The molecule has 0 saturated carbocycles. The number of rotatable bonds is 3. The molecule has 1 amide bonds. The Kier molecular flexibility index (Phi) is 3.53. The molecule has 0 aliphatic rings. The summed E-state index contributed by atoms with van der Waals surface area (Å²) in [5, 5.41) is 0. The fourth-order valence-electron chi connectivity index (χ4n) is 0.798. The van der Waals surface area contributed by atoms with Gasteiger partial charge < -0.3 is 0 Å². The molecule has 4 nitrogen and oxygen atoms in total. The van der Waals surface area contributed by atoms with Crippen molar-refractivity contribution in [1.29, 1.82) is 0 Å². The maximum atomic E-state index is 11.3. The summed E-state index contributed by atoms with van der Waals surface area (Å²) in [6, 6.07) is 0. The molecular weight excluding hydrogens is 246 g/mol. The van der Waals surface area contributed by atoms with Crippen LogP contribution in [0.15, 0.2) is 42.3 Å². The first-order valence-corrected chi connectivity index (χ1v) is 4.54. The second-order valence-electron chi connectivity index (χ2n) is 2.30. The maximum absolute atomic E-state index is 11.3. The van der Waals surface area contributed by atoms with Gasteiger partial charge in [-0.2, -0.15) is 0 Å². The van der Waals surface area contributed by atoms with Gasteiger partial charge in [0.05, 0.1) is 4.47 Å². The summed E-state index contributed by atoms with van der Waals surface area (Å²) in [7, 11) is 0. The predicted molar refractivity (Wildman–Crippen MR) is 57.6 cm³/mol. The van der Waals surface area contributed by atoms with E-state index in [4.69, 9.17) is 0 Å². The van der Waals surface area contributed by atoms with E-state index in [1.807, 2.05) is 0 Å². The molecular formula is C9H8BrN3O. The van der Waals surface area contributed by atoms with E-state index in [1.54, 1.807) is 12.4 Å². The summed E-state index contributed by atoms with van der Waals surface area (Å²) in [6.45, 7) is 6.86. The van der Waals surface area contributed by atoms with Crippen molar-refractivity contribution in [2.75, 3.05) is 4.90 Å². The third-order valence-corrected chi connectivity index (χ3v) is 1.83. The van der Waals surface area contributed by atoms with E-state index >= 15 is 0 Å². The zero-order valence-corrected chi connectivity index (χ0v) is 8.94. The molecule has 0 fully saturated rings. The molecule has 0 radical (unpaired) electrons. The summed E-state index contributed by atoms with van der Waals surface area (Å²) in [5.74, 6) is -0.0459. The summed E-state index contributed by atoms with van der Waals surface area (Å²) < 4.78 is 0.747. The lowest BCUT2D eigenvalue weighted by Gasteiger charge is -2.12. The number of hydrogen-bond acceptors (Lipinski definition) is 3. The SMILES string of the molecule is C=CC(=O)N(C=C)c1ncc(Br)cn1. The number of aromatic nitrogens is 2. The minimum atomic E-state index is -0.317. The van der Waals surface area contributed by atoms with Crippen LogP contribution >= 0.6 is 15.9 Å². The van der Waals surface area contributed by atoms with E-state index in [2.05, 4.69) is 39.1 Å². The van der Waals surface area contributed by atoms with Gasteiger partial charge in [0.15, 0.2) is 0 Å². The summed E-state index contributed by atoms with van der Waals surface area (Å²) in [5.41, 5.74) is 0. The topological polar surface area (TPSA) is 46.1 Å². The van der Waals surface area contributed by atoms with E-state index in [0.717, 1.165) is 4.47 Å². The second-order valence-corrected chi connectivity index (χ2v) is 3.21. The molecule has 1 aromatic heterocycles. The van der Waals surface area contributed by atoms with E-state index in [9.17, 15) is 4.79 Å². The highest BCUT2D eigenvalue weighted by atomic mass is 79.9. The second kappa shape index (κ2) is 4.66. The number of carbonyl (C=O) groups excluding carboxylic acids is 1. The van der Waals surface area contributed by atoms with Crippen LogP contribution in [0.2, 0.25) is 0 Å². The van der Waals surface area contributed by atoms with Crippen LogP contribution in [0.25, 0.3) is 0 Å². The molecule has 1 aromatic rings. The van der Waals surface area contributed by atoms with Crippen molar-refractivity contribution in [2.45, 2.75) is 0 Å². The molecule has 0 bridgehead atoms. The van der Waals surface area contributed by atoms with E-state index in [-0.39, 0.29) is 11.9 Å². The van der Waals surface area contributed by atoms with Crippen molar-refractivity contribution < 1.29 is 4.79 Å². The molecule has 0 N–H and O–H groups in total. The summed E-state index contributed by atoms with van der Waals surface area (Å²) >= 11 is 3.20. The number of nitrogens with zero attached hydrogens (tertiary/aromatic N) is 3. The molecule has 0 saturated heterocycles. The third-order valence-electron chi connectivity index (χ3n) is 1.42. The van der Waals surface area contributed by atoms with Crippen LogP contribution < -0.4 is 4.90 Å². The fourth-order valence-corrected chi connectivity index (χ4v) is 1.00. The van der Waals surface area contributed by atoms with Gasteiger partial charge in [-0.15, -0.1) is 0 Å². The molecule has 1 heterocycles. The van der Waals surface area contributed by atoms with Crippen molar-refractivity contribution in [1.82, 2.24) is 9.97 Å². The summed E-state index contributed by atoms with van der Waals surface area (Å²) in [4.78, 5) is 20.4. The minimum Gasteiger partial charge on any atom is -0.269 e. The van der Waals surface area contributed by atoms with Crippen LogP contribution in [0.1, 0.15) is 0 Å². The first-order chi connectivity index (χ1) is 6.69. The van der Waals surface area contributed by atoms with E-state index in [1.165, 1.54) is 17.2 Å². The van der Waals surface area contributed by atoms with Gasteiger partial charge >= 0.3 is 0 Å². The van der Waals surface area contributed by atoms with Crippen molar-refractivity contribution >= 4 is 27.8 Å². The van der Waals surface area contributed by atoms with Crippen LogP contribution in [-0.2, 0) is 4.79 Å². The highest BCUT2D eigenvalue weighted by Crippen LogP contribution is 2.11. The van der Waals surface area contributed by atoms with Crippen molar-refractivity contribution in [3.05, 3.63) is 42.3 Å². The lowest BCUT2D eigenvalue weighted by Crippen LogP contribution is -2.24. The predicted octanol–water partition coefficient (Wildman–Crippen LogP) is 1.90. The molecule has 1 rings (SSSR count). The molecule has 0 aromatic carbocycles. The Bertz CT molecular complexity index is 361. The van der Waals surface area contributed by atoms with Crippen LogP contribution in [0.5, 0.6) is 0 Å². The van der Waals surface area contributed by atoms with Gasteiger partial charge in [0.25, 0.3) is 5.91 Å². The van der Waals surface area contributed by atoms with Crippen molar-refractivity contribution in [3.8, 4) is 0 Å². The molecule has 72 valence electrons. The quantitative estimate of drug-likeness (QED) is 0.774. The normalized spacial score (nSPS) is 9.21. The number of carbonyl (C=O) groups is 1. The zero-order valence-electron chi connectivity index (χ0n) is 7.35. The molecule has 0 unspecified atom stereocenters. The van der Waals surface area contributed by atoms with Gasteiger partial charge in [-0.1, -0.05) is 13.2 Å². The Hall–Kier alpha value is -1.49. The van der Waals surface area contributed by atoms with Gasteiger partial charge in [0.1, 0.15) is 0 Å². The largest absolute Gasteiger partial charge is 0.269 e. The number of hydrogen-bond donors (Lipinski definition) is 0. The first kappa shape index (κ1) is 10.6. The molecule has 0 aliphatic carbocycles. The lowest BCUT2D eigenvalue weighted by atomic mass is 10.5. The minimum absolute atomic E-state index is 0.271. The highest BCUT2D eigenvalue weighted by Gasteiger charge is 2.11. The number of halogens is 1. The van der Waals surface area contributed by atoms with Gasteiger partial charge in [-0.3, -0.25) is 9.69 Å². The Morgan fingerprint density at radius 3 is 2.43 bits per heavy atom. The maximum Gasteiger partial charge on any atom is 0.256 e. The Balaban J connectivity index is 3.00. The van der Waals surface area contributed by atoms with Crippen molar-refractivity contribution in [2.24, 2.45) is 0 Å². The van der Waals surface area contributed by atoms with Gasteiger partial charge in [-0.25, -0.2) is 9.97 Å². The van der Waals surface area contributed by atoms with Crippen molar-refractivity contribution in [3.63, 3.8) is 0 Å². The molecule has 14 heavy (non-hydrogen) atoms. The fraction of sp³-hybridized carbons (Fsp3) is 0. The Labute approximate surface area is 90.1 Å². The average Bonchev–Trinajstić information content (AvgIpc) is 2.21. The first-order valence-electron chi connectivity index (χ1n) is 3.74. The van der Waals surface area contributed by atoms with Crippen LogP contribution in [0, 0.1) is 0 Å². The number of anilines is 1. The summed E-state index contributed by atoms with van der Waals surface area (Å²) in [6.07, 6.45) is 5.62.